The van der Waals surface area contributed by atoms with E-state index < -0.39 is 12.2 Å². The van der Waals surface area contributed by atoms with Crippen LogP contribution in [0.15, 0.2) is 60.7 Å². The minimum atomic E-state index is -0.514. The molecule has 1 saturated heterocycles. The third kappa shape index (κ3) is 5.53. The van der Waals surface area contributed by atoms with Crippen LogP contribution in [-0.4, -0.2) is 60.0 Å². The number of ether oxygens (including phenoxy) is 2. The van der Waals surface area contributed by atoms with Gasteiger partial charge in [0.2, 0.25) is 0 Å². The van der Waals surface area contributed by atoms with Crippen LogP contribution in [0.25, 0.3) is 0 Å². The van der Waals surface area contributed by atoms with Crippen molar-refractivity contribution in [2.24, 2.45) is 0 Å². The van der Waals surface area contributed by atoms with Crippen LogP contribution in [0.4, 0.5) is 0 Å². The van der Waals surface area contributed by atoms with Crippen molar-refractivity contribution in [2.75, 3.05) is 26.2 Å². The van der Waals surface area contributed by atoms with Gasteiger partial charge in [0.25, 0.3) is 11.8 Å². The highest BCUT2D eigenvalue weighted by atomic mass is 16.5. The molecule has 3 rings (SSSR count). The molecule has 1 fully saturated rings. The first kappa shape index (κ1) is 21.7. The summed E-state index contributed by atoms with van der Waals surface area (Å²) < 4.78 is 11.8. The Balaban J connectivity index is 1.53. The molecule has 160 valence electrons. The molecular weight excluding hydrogens is 380 g/mol. The number of hydrogen-bond acceptors (Lipinski definition) is 4. The number of para-hydroxylation sites is 2. The second-order valence-electron chi connectivity index (χ2n) is 7.31. The molecule has 0 aliphatic carbocycles. The topological polar surface area (TPSA) is 59.1 Å². The highest BCUT2D eigenvalue weighted by Crippen LogP contribution is 2.17. The van der Waals surface area contributed by atoms with Crippen molar-refractivity contribution in [1.29, 1.82) is 0 Å². The maximum absolute atomic E-state index is 12.9. The van der Waals surface area contributed by atoms with Crippen molar-refractivity contribution in [1.82, 2.24) is 9.80 Å². The van der Waals surface area contributed by atoms with E-state index in [2.05, 4.69) is 0 Å². The van der Waals surface area contributed by atoms with E-state index in [1.54, 1.807) is 9.80 Å². The van der Waals surface area contributed by atoms with Gasteiger partial charge in [-0.15, -0.1) is 0 Å². The number of hydrogen-bond donors (Lipinski definition) is 0. The van der Waals surface area contributed by atoms with E-state index in [-0.39, 0.29) is 11.8 Å². The Kier molecular flexibility index (Phi) is 7.71. The summed E-state index contributed by atoms with van der Waals surface area (Å²) in [4.78, 5) is 29.4. The number of piperazine rings is 1. The molecular formula is C24H30N2O4. The zero-order valence-corrected chi connectivity index (χ0v) is 17.7. The van der Waals surface area contributed by atoms with E-state index >= 15 is 0 Å². The molecule has 1 aliphatic rings. The molecule has 2 atom stereocenters. The zero-order chi connectivity index (χ0) is 21.3. The second-order valence-corrected chi connectivity index (χ2v) is 7.31. The van der Waals surface area contributed by atoms with Gasteiger partial charge in [-0.1, -0.05) is 50.2 Å². The second kappa shape index (κ2) is 10.7. The Morgan fingerprint density at radius 1 is 0.700 bits per heavy atom. The van der Waals surface area contributed by atoms with Crippen molar-refractivity contribution in [3.8, 4) is 11.5 Å². The van der Waals surface area contributed by atoms with Crippen LogP contribution in [0.5, 0.6) is 11.5 Å². The summed E-state index contributed by atoms with van der Waals surface area (Å²) in [7, 11) is 0. The lowest BCUT2D eigenvalue weighted by Crippen LogP contribution is -2.55. The smallest absolute Gasteiger partial charge is 0.263 e. The van der Waals surface area contributed by atoms with Gasteiger partial charge >= 0.3 is 0 Å². The lowest BCUT2D eigenvalue weighted by molar-refractivity contribution is -0.147. The van der Waals surface area contributed by atoms with Crippen LogP contribution >= 0.6 is 0 Å². The summed E-state index contributed by atoms with van der Waals surface area (Å²) in [5.74, 6) is 1.33. The molecule has 2 aromatic carbocycles. The van der Waals surface area contributed by atoms with Gasteiger partial charge in [0.05, 0.1) is 0 Å². The first-order valence-electron chi connectivity index (χ1n) is 10.6. The molecule has 30 heavy (non-hydrogen) atoms. The molecule has 0 radical (unpaired) electrons. The molecule has 0 saturated carbocycles. The van der Waals surface area contributed by atoms with Gasteiger partial charge in [-0.2, -0.15) is 0 Å². The van der Waals surface area contributed by atoms with E-state index in [0.717, 1.165) is 0 Å². The molecule has 0 spiro atoms. The molecule has 6 nitrogen and oxygen atoms in total. The lowest BCUT2D eigenvalue weighted by Gasteiger charge is -2.37. The van der Waals surface area contributed by atoms with Crippen molar-refractivity contribution in [3.63, 3.8) is 0 Å². The predicted molar refractivity (Wildman–Crippen MR) is 115 cm³/mol. The molecule has 0 unspecified atom stereocenters. The highest BCUT2D eigenvalue weighted by Gasteiger charge is 2.32. The average molecular weight is 411 g/mol. The van der Waals surface area contributed by atoms with Crippen LogP contribution in [0.2, 0.25) is 0 Å². The number of rotatable bonds is 8. The summed E-state index contributed by atoms with van der Waals surface area (Å²) in [6.07, 6.45) is 0.157. The first-order valence-corrected chi connectivity index (χ1v) is 10.6. The summed E-state index contributed by atoms with van der Waals surface area (Å²) in [5, 5.41) is 0. The van der Waals surface area contributed by atoms with Gasteiger partial charge in [-0.05, 0) is 37.1 Å². The Morgan fingerprint density at radius 2 is 1.03 bits per heavy atom. The average Bonchev–Trinajstić information content (AvgIpc) is 2.81. The van der Waals surface area contributed by atoms with Gasteiger partial charge in [0, 0.05) is 26.2 Å². The molecule has 6 heteroatoms. The first-order chi connectivity index (χ1) is 14.6. The third-order valence-corrected chi connectivity index (χ3v) is 5.24. The van der Waals surface area contributed by atoms with Crippen molar-refractivity contribution >= 4 is 11.8 Å². The Hall–Kier alpha value is -3.02. The lowest BCUT2D eigenvalue weighted by atomic mass is 10.2. The molecule has 0 aromatic heterocycles. The maximum Gasteiger partial charge on any atom is 0.263 e. The third-order valence-electron chi connectivity index (χ3n) is 5.24. The summed E-state index contributed by atoms with van der Waals surface area (Å²) in [5.41, 5.74) is 0. The van der Waals surface area contributed by atoms with E-state index in [4.69, 9.17) is 9.47 Å². The number of carbonyl (C=O) groups is 2. The molecule has 2 aromatic rings. The molecule has 0 bridgehead atoms. The summed E-state index contributed by atoms with van der Waals surface area (Å²) in [6, 6.07) is 18.8. The normalized spacial score (nSPS) is 15.9. The van der Waals surface area contributed by atoms with Gasteiger partial charge in [0.15, 0.2) is 12.2 Å². The Labute approximate surface area is 178 Å². The zero-order valence-electron chi connectivity index (χ0n) is 17.7. The van der Waals surface area contributed by atoms with E-state index in [1.165, 1.54) is 0 Å². The number of amides is 2. The summed E-state index contributed by atoms with van der Waals surface area (Å²) >= 11 is 0. The standard InChI is InChI=1S/C24H30N2O4/c1-3-21(29-19-11-7-5-8-12-19)23(27)25-15-17-26(18-16-25)24(28)22(4-2)30-20-13-9-6-10-14-20/h5-14,21-22H,3-4,15-18H2,1-2H3/t21-,22-/m1/s1. The molecule has 1 heterocycles. The van der Waals surface area contributed by atoms with Crippen LogP contribution in [0.3, 0.4) is 0 Å². The minimum Gasteiger partial charge on any atom is -0.481 e. The number of nitrogens with zero attached hydrogens (tertiary/aromatic N) is 2. The fourth-order valence-corrected chi connectivity index (χ4v) is 3.50. The minimum absolute atomic E-state index is 0.0268. The van der Waals surface area contributed by atoms with Gasteiger partial charge in [-0.25, -0.2) is 0 Å². The SMILES string of the molecule is CC[C@@H](Oc1ccccc1)C(=O)N1CCN(C(=O)[C@@H](CC)Oc2ccccc2)CC1. The predicted octanol–water partition coefficient (Wildman–Crippen LogP) is 3.37. The van der Waals surface area contributed by atoms with Crippen LogP contribution in [0, 0.1) is 0 Å². The van der Waals surface area contributed by atoms with Crippen molar-refractivity contribution in [3.05, 3.63) is 60.7 Å². The monoisotopic (exact) mass is 410 g/mol. The Morgan fingerprint density at radius 3 is 1.33 bits per heavy atom. The number of carbonyl (C=O) groups excluding carboxylic acids is 2. The summed E-state index contributed by atoms with van der Waals surface area (Å²) in [6.45, 7) is 5.89. The highest BCUT2D eigenvalue weighted by molar-refractivity contribution is 5.83. The van der Waals surface area contributed by atoms with E-state index in [1.807, 2.05) is 74.5 Å². The van der Waals surface area contributed by atoms with Gasteiger partial charge < -0.3 is 19.3 Å². The fraction of sp³-hybridized carbons (Fsp3) is 0.417. The van der Waals surface area contributed by atoms with Crippen LogP contribution in [0.1, 0.15) is 26.7 Å². The molecule has 1 aliphatic heterocycles. The quantitative estimate of drug-likeness (QED) is 0.670. The van der Waals surface area contributed by atoms with E-state index in [9.17, 15) is 9.59 Å². The Bertz CT molecular complexity index is 735. The van der Waals surface area contributed by atoms with Gasteiger partial charge in [-0.3, -0.25) is 9.59 Å². The number of benzene rings is 2. The van der Waals surface area contributed by atoms with Crippen LogP contribution in [-0.2, 0) is 9.59 Å². The van der Waals surface area contributed by atoms with E-state index in [0.29, 0.717) is 50.5 Å². The van der Waals surface area contributed by atoms with Crippen molar-refractivity contribution < 1.29 is 19.1 Å². The van der Waals surface area contributed by atoms with Gasteiger partial charge in [0.1, 0.15) is 11.5 Å². The van der Waals surface area contributed by atoms with Crippen molar-refractivity contribution in [2.45, 2.75) is 38.9 Å². The maximum atomic E-state index is 12.9. The largest absolute Gasteiger partial charge is 0.481 e. The fourth-order valence-electron chi connectivity index (χ4n) is 3.50. The molecule has 2 amide bonds. The molecule has 0 N–H and O–H groups in total. The van der Waals surface area contributed by atoms with Crippen LogP contribution < -0.4 is 9.47 Å².